The molecule has 2 aliphatic heterocycles. The van der Waals surface area contributed by atoms with Crippen molar-refractivity contribution < 1.29 is 18.0 Å². The van der Waals surface area contributed by atoms with Crippen LogP contribution in [0, 0.1) is 17.5 Å². The van der Waals surface area contributed by atoms with Gasteiger partial charge < -0.3 is 4.90 Å². The van der Waals surface area contributed by atoms with Crippen LogP contribution in [0.15, 0.2) is 30.7 Å². The van der Waals surface area contributed by atoms with E-state index in [-0.39, 0.29) is 23.6 Å². The SMILES string of the molecule is Cn1nc2c(c1-c1cc(F)c(F)c(F)c1)C[C@@H]1CCC[C@H]2N1C(=O)c1ccncn1. The maximum atomic E-state index is 13.9. The summed E-state index contributed by atoms with van der Waals surface area (Å²) in [7, 11) is 1.69. The Bertz CT molecular complexity index is 1120. The summed E-state index contributed by atoms with van der Waals surface area (Å²) in [5.74, 6) is -4.15. The van der Waals surface area contributed by atoms with Crippen LogP contribution in [-0.2, 0) is 13.5 Å². The Kier molecular flexibility index (Phi) is 4.34. The number of nitrogens with zero attached hydrogens (tertiary/aromatic N) is 5. The molecule has 1 aromatic carbocycles. The first-order valence-electron chi connectivity index (χ1n) is 9.75. The minimum Gasteiger partial charge on any atom is -0.325 e. The van der Waals surface area contributed by atoms with E-state index in [9.17, 15) is 18.0 Å². The maximum Gasteiger partial charge on any atom is 0.273 e. The van der Waals surface area contributed by atoms with Gasteiger partial charge in [0, 0.05) is 30.4 Å². The number of halogens is 3. The number of fused-ring (bicyclic) bond motifs is 4. The minimum atomic E-state index is -1.49. The van der Waals surface area contributed by atoms with Crippen molar-refractivity contribution in [3.05, 3.63) is 65.1 Å². The summed E-state index contributed by atoms with van der Waals surface area (Å²) >= 11 is 0. The van der Waals surface area contributed by atoms with Crippen molar-refractivity contribution in [2.24, 2.45) is 7.05 Å². The Morgan fingerprint density at radius 3 is 2.63 bits per heavy atom. The van der Waals surface area contributed by atoms with E-state index in [1.807, 2.05) is 4.90 Å². The lowest BCUT2D eigenvalue weighted by molar-refractivity contribution is 0.0385. The summed E-state index contributed by atoms with van der Waals surface area (Å²) in [5.41, 5.74) is 2.68. The van der Waals surface area contributed by atoms with Gasteiger partial charge in [-0.3, -0.25) is 9.48 Å². The predicted octanol–water partition coefficient (Wildman–Crippen LogP) is 3.59. The van der Waals surface area contributed by atoms with Crippen molar-refractivity contribution in [2.75, 3.05) is 0 Å². The average Bonchev–Trinajstić information content (AvgIpc) is 3.07. The summed E-state index contributed by atoms with van der Waals surface area (Å²) in [6.45, 7) is 0. The fourth-order valence-corrected chi connectivity index (χ4v) is 4.75. The number of aromatic nitrogens is 4. The standard InChI is InChI=1S/C21H18F3N5O/c1-28-20(11-7-14(22)18(24)15(23)8-11)13-9-12-3-2-4-17(19(13)27-28)29(12)21(30)16-5-6-25-10-26-16/h5-8,10,12,17H,2-4,9H2,1H3/t12-,17+/m0/s1. The van der Waals surface area contributed by atoms with E-state index in [0.717, 1.165) is 42.7 Å². The lowest BCUT2D eigenvalue weighted by atomic mass is 9.81. The maximum absolute atomic E-state index is 13.9. The van der Waals surface area contributed by atoms with Gasteiger partial charge in [-0.25, -0.2) is 23.1 Å². The van der Waals surface area contributed by atoms with Crippen LogP contribution in [-0.4, -0.2) is 36.6 Å². The monoisotopic (exact) mass is 413 g/mol. The van der Waals surface area contributed by atoms with Crippen molar-refractivity contribution in [3.8, 4) is 11.3 Å². The third-order valence-corrected chi connectivity index (χ3v) is 5.97. The molecule has 0 unspecified atom stereocenters. The summed E-state index contributed by atoms with van der Waals surface area (Å²) in [4.78, 5) is 23.0. The molecule has 9 heteroatoms. The molecule has 4 heterocycles. The Morgan fingerprint density at radius 2 is 1.93 bits per heavy atom. The van der Waals surface area contributed by atoms with Gasteiger partial charge in [0.25, 0.3) is 5.91 Å². The number of benzene rings is 1. The summed E-state index contributed by atoms with van der Waals surface area (Å²) < 4.78 is 42.8. The summed E-state index contributed by atoms with van der Waals surface area (Å²) in [6, 6.07) is 3.25. The molecule has 3 aromatic rings. The fourth-order valence-electron chi connectivity index (χ4n) is 4.75. The zero-order valence-corrected chi connectivity index (χ0v) is 16.1. The highest BCUT2D eigenvalue weighted by molar-refractivity contribution is 5.93. The van der Waals surface area contributed by atoms with E-state index in [0.29, 0.717) is 17.8 Å². The molecule has 0 N–H and O–H groups in total. The van der Waals surface area contributed by atoms with Gasteiger partial charge >= 0.3 is 0 Å². The smallest absolute Gasteiger partial charge is 0.273 e. The van der Waals surface area contributed by atoms with Crippen molar-refractivity contribution in [2.45, 2.75) is 37.8 Å². The number of piperidine rings is 1. The molecule has 2 bridgehead atoms. The molecule has 1 amide bonds. The van der Waals surface area contributed by atoms with E-state index in [1.54, 1.807) is 17.8 Å². The topological polar surface area (TPSA) is 63.9 Å². The molecule has 30 heavy (non-hydrogen) atoms. The second-order valence-corrected chi connectivity index (χ2v) is 7.70. The number of hydrogen-bond acceptors (Lipinski definition) is 4. The summed E-state index contributed by atoms with van der Waals surface area (Å²) in [5, 5.41) is 4.61. The highest BCUT2D eigenvalue weighted by atomic mass is 19.2. The van der Waals surface area contributed by atoms with Crippen LogP contribution in [0.1, 0.15) is 47.1 Å². The highest BCUT2D eigenvalue weighted by Crippen LogP contribution is 2.45. The van der Waals surface area contributed by atoms with Gasteiger partial charge in [0.05, 0.1) is 17.4 Å². The van der Waals surface area contributed by atoms with Crippen LogP contribution in [0.25, 0.3) is 11.3 Å². The van der Waals surface area contributed by atoms with Gasteiger partial charge in [-0.1, -0.05) is 0 Å². The van der Waals surface area contributed by atoms with Crippen molar-refractivity contribution >= 4 is 5.91 Å². The van der Waals surface area contributed by atoms with Crippen molar-refractivity contribution in [1.29, 1.82) is 0 Å². The number of hydrogen-bond donors (Lipinski definition) is 0. The quantitative estimate of drug-likeness (QED) is 0.603. The number of carbonyl (C=O) groups is 1. The van der Waals surface area contributed by atoms with E-state index >= 15 is 0 Å². The van der Waals surface area contributed by atoms with Gasteiger partial charge in [-0.05, 0) is 43.9 Å². The average molecular weight is 413 g/mol. The van der Waals surface area contributed by atoms with E-state index in [4.69, 9.17) is 0 Å². The van der Waals surface area contributed by atoms with Crippen LogP contribution in [0.2, 0.25) is 0 Å². The molecular weight excluding hydrogens is 395 g/mol. The molecule has 154 valence electrons. The normalized spacial score (nSPS) is 20.2. The van der Waals surface area contributed by atoms with E-state index in [1.165, 1.54) is 12.5 Å². The van der Waals surface area contributed by atoms with Crippen molar-refractivity contribution in [3.63, 3.8) is 0 Å². The minimum absolute atomic E-state index is 0.0724. The number of rotatable bonds is 2. The highest BCUT2D eigenvalue weighted by Gasteiger charge is 2.43. The first-order valence-corrected chi connectivity index (χ1v) is 9.75. The van der Waals surface area contributed by atoms with Gasteiger partial charge in [0.1, 0.15) is 12.0 Å². The van der Waals surface area contributed by atoms with Gasteiger partial charge in [-0.2, -0.15) is 5.10 Å². The van der Waals surface area contributed by atoms with Crippen LogP contribution in [0.3, 0.4) is 0 Å². The third kappa shape index (κ3) is 2.79. The number of carbonyl (C=O) groups excluding carboxylic acids is 1. The van der Waals surface area contributed by atoms with Crippen LogP contribution in [0.4, 0.5) is 13.2 Å². The van der Waals surface area contributed by atoms with Crippen LogP contribution in [0.5, 0.6) is 0 Å². The molecule has 1 fully saturated rings. The first-order chi connectivity index (χ1) is 14.5. The lowest BCUT2D eigenvalue weighted by Crippen LogP contribution is -2.50. The Hall–Kier alpha value is -3.23. The van der Waals surface area contributed by atoms with Crippen LogP contribution >= 0.6 is 0 Å². The third-order valence-electron chi connectivity index (χ3n) is 5.97. The number of amides is 1. The van der Waals surface area contributed by atoms with Gasteiger partial charge in [0.2, 0.25) is 0 Å². The zero-order valence-electron chi connectivity index (χ0n) is 16.1. The Morgan fingerprint density at radius 1 is 1.17 bits per heavy atom. The predicted molar refractivity (Wildman–Crippen MR) is 101 cm³/mol. The Balaban J connectivity index is 1.60. The van der Waals surface area contributed by atoms with Crippen molar-refractivity contribution in [1.82, 2.24) is 24.6 Å². The molecule has 0 spiro atoms. The fraction of sp³-hybridized carbons (Fsp3) is 0.333. The van der Waals surface area contributed by atoms with E-state index in [2.05, 4.69) is 15.1 Å². The molecule has 0 radical (unpaired) electrons. The van der Waals surface area contributed by atoms with Gasteiger partial charge in [0.15, 0.2) is 17.5 Å². The largest absolute Gasteiger partial charge is 0.325 e. The number of aryl methyl sites for hydroxylation is 1. The molecule has 2 aromatic heterocycles. The summed E-state index contributed by atoms with van der Waals surface area (Å²) in [6.07, 6.45) is 5.88. The molecule has 0 aliphatic carbocycles. The molecule has 0 saturated carbocycles. The molecule has 2 atom stereocenters. The molecular formula is C21H18F3N5O. The molecule has 2 aliphatic rings. The Labute approximate surface area is 170 Å². The second kappa shape index (κ2) is 6.93. The van der Waals surface area contributed by atoms with Gasteiger partial charge in [-0.15, -0.1) is 0 Å². The van der Waals surface area contributed by atoms with Crippen LogP contribution < -0.4 is 0 Å². The molecule has 5 rings (SSSR count). The zero-order chi connectivity index (χ0) is 21.0. The second-order valence-electron chi connectivity index (χ2n) is 7.70. The molecule has 1 saturated heterocycles. The first kappa shape index (κ1) is 18.8. The lowest BCUT2D eigenvalue weighted by Gasteiger charge is -2.45. The van der Waals surface area contributed by atoms with E-state index < -0.39 is 17.5 Å². The molecule has 6 nitrogen and oxygen atoms in total.